The van der Waals surface area contributed by atoms with E-state index in [-0.39, 0.29) is 17.0 Å². The Morgan fingerprint density at radius 2 is 1.83 bits per heavy atom. The summed E-state index contributed by atoms with van der Waals surface area (Å²) >= 11 is 0. The molecule has 154 valence electrons. The van der Waals surface area contributed by atoms with Gasteiger partial charge < -0.3 is 14.2 Å². The number of piperidine rings is 1. The monoisotopic (exact) mass is 399 g/mol. The summed E-state index contributed by atoms with van der Waals surface area (Å²) in [6, 6.07) is 6.09. The van der Waals surface area contributed by atoms with E-state index in [1.165, 1.54) is 12.1 Å². The number of rotatable bonds is 6. The van der Waals surface area contributed by atoms with Gasteiger partial charge in [0, 0.05) is 43.2 Å². The minimum Gasteiger partial charge on any atom is -0.454 e. The number of Topliss-reactive ketones (excluding diaryl/α,β-unsaturated/α-hetero) is 1. The van der Waals surface area contributed by atoms with E-state index in [0.29, 0.717) is 11.3 Å². The van der Waals surface area contributed by atoms with Gasteiger partial charge in [0.2, 0.25) is 5.78 Å². The molecule has 2 heterocycles. The summed E-state index contributed by atoms with van der Waals surface area (Å²) in [7, 11) is 1.86. The van der Waals surface area contributed by atoms with E-state index in [1.807, 2.05) is 30.4 Å². The van der Waals surface area contributed by atoms with Gasteiger partial charge >= 0.3 is 5.97 Å². The van der Waals surface area contributed by atoms with Crippen LogP contribution in [0.2, 0.25) is 0 Å². The van der Waals surface area contributed by atoms with Gasteiger partial charge in [-0.3, -0.25) is 14.9 Å². The molecule has 0 spiro atoms. The van der Waals surface area contributed by atoms with Crippen LogP contribution in [0.1, 0.15) is 51.4 Å². The Labute approximate surface area is 169 Å². The fraction of sp³-hybridized carbons (Fsp3) is 0.429. The molecular weight excluding hydrogens is 374 g/mol. The fourth-order valence-electron chi connectivity index (χ4n) is 3.63. The van der Waals surface area contributed by atoms with Gasteiger partial charge in [0.05, 0.1) is 10.5 Å². The van der Waals surface area contributed by atoms with Gasteiger partial charge in [0.25, 0.3) is 5.69 Å². The zero-order valence-corrected chi connectivity index (χ0v) is 16.9. The first-order chi connectivity index (χ1) is 13.8. The Hall–Kier alpha value is -3.16. The van der Waals surface area contributed by atoms with Crippen LogP contribution >= 0.6 is 0 Å². The summed E-state index contributed by atoms with van der Waals surface area (Å²) in [6.07, 6.45) is 3.09. The third kappa shape index (κ3) is 4.31. The van der Waals surface area contributed by atoms with Gasteiger partial charge in [-0.25, -0.2) is 4.79 Å². The van der Waals surface area contributed by atoms with Crippen LogP contribution < -0.4 is 4.90 Å². The molecule has 0 bridgehead atoms. The predicted molar refractivity (Wildman–Crippen MR) is 109 cm³/mol. The number of esters is 1. The van der Waals surface area contributed by atoms with Gasteiger partial charge in [0.15, 0.2) is 6.61 Å². The molecule has 29 heavy (non-hydrogen) atoms. The van der Waals surface area contributed by atoms with Crippen molar-refractivity contribution in [3.05, 3.63) is 56.9 Å². The number of hydrogen-bond acceptors (Lipinski definition) is 6. The SMILES string of the molecule is Cc1cc(C(=O)COC(=O)c2ccc(N3CCCCC3)c([N+](=O)[O-])c2)c(C)n1C. The third-order valence-electron chi connectivity index (χ3n) is 5.51. The fourth-order valence-corrected chi connectivity index (χ4v) is 3.63. The van der Waals surface area contributed by atoms with Gasteiger partial charge in [-0.1, -0.05) is 0 Å². The highest BCUT2D eigenvalue weighted by atomic mass is 16.6. The molecule has 0 amide bonds. The summed E-state index contributed by atoms with van der Waals surface area (Å²) in [5.74, 6) is -1.06. The third-order valence-corrected chi connectivity index (χ3v) is 5.51. The molecule has 1 aromatic carbocycles. The Morgan fingerprint density at radius 1 is 1.14 bits per heavy atom. The molecule has 2 aromatic rings. The highest BCUT2D eigenvalue weighted by Crippen LogP contribution is 2.31. The van der Waals surface area contributed by atoms with Crippen LogP contribution in [0.3, 0.4) is 0 Å². The van der Waals surface area contributed by atoms with Crippen LogP contribution in [0.15, 0.2) is 24.3 Å². The normalized spacial score (nSPS) is 14.0. The minimum absolute atomic E-state index is 0.0613. The van der Waals surface area contributed by atoms with Crippen molar-refractivity contribution in [1.82, 2.24) is 4.57 Å². The molecule has 0 saturated carbocycles. The van der Waals surface area contributed by atoms with Crippen molar-refractivity contribution >= 4 is 23.1 Å². The molecule has 0 atom stereocenters. The number of benzene rings is 1. The Bertz CT molecular complexity index is 957. The Balaban J connectivity index is 1.73. The Morgan fingerprint density at radius 3 is 2.41 bits per heavy atom. The van der Waals surface area contributed by atoms with Crippen LogP contribution in [0.4, 0.5) is 11.4 Å². The van der Waals surface area contributed by atoms with Crippen molar-refractivity contribution in [2.45, 2.75) is 33.1 Å². The second kappa shape index (κ2) is 8.46. The molecule has 1 aromatic heterocycles. The van der Waals surface area contributed by atoms with Crippen LogP contribution in [0, 0.1) is 24.0 Å². The van der Waals surface area contributed by atoms with E-state index in [4.69, 9.17) is 4.74 Å². The first-order valence-corrected chi connectivity index (χ1v) is 9.66. The van der Waals surface area contributed by atoms with E-state index in [2.05, 4.69) is 0 Å². The molecule has 0 N–H and O–H groups in total. The molecular formula is C21H25N3O5. The maximum absolute atomic E-state index is 12.4. The first-order valence-electron chi connectivity index (χ1n) is 9.66. The molecule has 0 aliphatic carbocycles. The minimum atomic E-state index is -0.753. The zero-order chi connectivity index (χ0) is 21.1. The van der Waals surface area contributed by atoms with Gasteiger partial charge in [-0.05, 0) is 51.3 Å². The van der Waals surface area contributed by atoms with E-state index >= 15 is 0 Å². The lowest BCUT2D eigenvalue weighted by atomic mass is 10.1. The molecule has 1 aliphatic heterocycles. The summed E-state index contributed by atoms with van der Waals surface area (Å²) in [5.41, 5.74) is 2.68. The number of nitro groups is 1. The number of nitrogens with zero attached hydrogens (tertiary/aromatic N) is 3. The lowest BCUT2D eigenvalue weighted by Crippen LogP contribution is -2.30. The maximum Gasteiger partial charge on any atom is 0.338 e. The molecule has 0 radical (unpaired) electrons. The van der Waals surface area contributed by atoms with Crippen LogP contribution in [-0.2, 0) is 11.8 Å². The van der Waals surface area contributed by atoms with Gasteiger partial charge in [-0.2, -0.15) is 0 Å². The van der Waals surface area contributed by atoms with Crippen molar-refractivity contribution < 1.29 is 19.2 Å². The Kier molecular flexibility index (Phi) is 6.00. The smallest absolute Gasteiger partial charge is 0.338 e. The number of ether oxygens (including phenoxy) is 1. The highest BCUT2D eigenvalue weighted by molar-refractivity contribution is 6.00. The molecule has 1 saturated heterocycles. The quantitative estimate of drug-likeness (QED) is 0.319. The zero-order valence-electron chi connectivity index (χ0n) is 16.9. The van der Waals surface area contributed by atoms with Crippen molar-refractivity contribution in [2.75, 3.05) is 24.6 Å². The highest BCUT2D eigenvalue weighted by Gasteiger charge is 2.24. The molecule has 0 unspecified atom stereocenters. The van der Waals surface area contributed by atoms with Gasteiger partial charge in [0.1, 0.15) is 5.69 Å². The van der Waals surface area contributed by atoms with Crippen molar-refractivity contribution in [2.24, 2.45) is 7.05 Å². The number of nitro benzene ring substituents is 1. The largest absolute Gasteiger partial charge is 0.454 e. The summed E-state index contributed by atoms with van der Waals surface area (Å²) in [5, 5.41) is 11.5. The average molecular weight is 399 g/mol. The maximum atomic E-state index is 12.4. The van der Waals surface area contributed by atoms with E-state index in [0.717, 1.165) is 43.7 Å². The average Bonchev–Trinajstić information content (AvgIpc) is 2.99. The molecule has 8 heteroatoms. The van der Waals surface area contributed by atoms with Gasteiger partial charge in [-0.15, -0.1) is 0 Å². The first kappa shape index (κ1) is 20.6. The van der Waals surface area contributed by atoms with Crippen molar-refractivity contribution in [1.29, 1.82) is 0 Å². The predicted octanol–water partition coefficient (Wildman–Crippen LogP) is 3.58. The lowest BCUT2D eigenvalue weighted by Gasteiger charge is -2.28. The van der Waals surface area contributed by atoms with E-state index in [9.17, 15) is 19.7 Å². The van der Waals surface area contributed by atoms with Crippen molar-refractivity contribution in [3.8, 4) is 0 Å². The summed E-state index contributed by atoms with van der Waals surface area (Å²) in [4.78, 5) is 37.8. The molecule has 3 rings (SSSR count). The number of hydrogen-bond donors (Lipinski definition) is 0. The number of carbonyl (C=O) groups is 2. The van der Waals surface area contributed by atoms with Crippen LogP contribution in [-0.4, -0.2) is 40.9 Å². The summed E-state index contributed by atoms with van der Waals surface area (Å²) < 4.78 is 7.02. The van der Waals surface area contributed by atoms with E-state index in [1.54, 1.807) is 12.1 Å². The second-order valence-corrected chi connectivity index (χ2v) is 7.35. The molecule has 1 fully saturated rings. The lowest BCUT2D eigenvalue weighted by molar-refractivity contribution is -0.384. The number of aromatic nitrogens is 1. The number of carbonyl (C=O) groups excluding carboxylic acids is 2. The second-order valence-electron chi connectivity index (χ2n) is 7.35. The van der Waals surface area contributed by atoms with Crippen LogP contribution in [0.25, 0.3) is 0 Å². The molecule has 8 nitrogen and oxygen atoms in total. The topological polar surface area (TPSA) is 94.7 Å². The van der Waals surface area contributed by atoms with Crippen LogP contribution in [0.5, 0.6) is 0 Å². The van der Waals surface area contributed by atoms with Crippen molar-refractivity contribution in [3.63, 3.8) is 0 Å². The standard InChI is InChI=1S/C21H25N3O5/c1-14-11-17(15(2)22(14)3)20(25)13-29-21(26)16-7-8-18(19(12-16)24(27)28)23-9-5-4-6-10-23/h7-8,11-12H,4-6,9-10,13H2,1-3H3. The number of aryl methyl sites for hydroxylation is 1. The number of ketones is 1. The molecule has 1 aliphatic rings. The van der Waals surface area contributed by atoms with E-state index < -0.39 is 17.5 Å². The number of anilines is 1. The summed E-state index contributed by atoms with van der Waals surface area (Å²) in [6.45, 7) is 4.82.